The van der Waals surface area contributed by atoms with Crippen molar-refractivity contribution in [2.75, 3.05) is 0 Å². The first-order chi connectivity index (χ1) is 7.11. The number of Topliss-reactive ketones (excluding diaryl/α,β-unsaturated/α-hetero) is 1. The van der Waals surface area contributed by atoms with Gasteiger partial charge in [0.2, 0.25) is 0 Å². The summed E-state index contributed by atoms with van der Waals surface area (Å²) in [4.78, 5) is 15.2. The van der Waals surface area contributed by atoms with Crippen molar-refractivity contribution in [1.82, 2.24) is 0 Å². The number of ketones is 1. The molecule has 0 radical (unpaired) electrons. The zero-order chi connectivity index (χ0) is 11.3. The first-order valence-electron chi connectivity index (χ1n) is 4.61. The number of aliphatic imine (C=N–C) groups is 1. The van der Waals surface area contributed by atoms with Crippen molar-refractivity contribution in [2.45, 2.75) is 13.8 Å². The summed E-state index contributed by atoms with van der Waals surface area (Å²) in [5, 5.41) is 9.23. The van der Waals surface area contributed by atoms with Crippen molar-refractivity contribution in [3.63, 3.8) is 0 Å². The normalized spacial score (nSPS) is 12.7. The first kappa shape index (κ1) is 11.2. The van der Waals surface area contributed by atoms with Gasteiger partial charge in [-0.2, -0.15) is 0 Å². The third-order valence-corrected chi connectivity index (χ3v) is 1.87. The highest BCUT2D eigenvalue weighted by Gasteiger charge is 2.04. The molecule has 1 aromatic carbocycles. The Bertz CT molecular complexity index is 401. The average molecular weight is 203 g/mol. The van der Waals surface area contributed by atoms with Gasteiger partial charge in [-0.3, -0.25) is 9.79 Å². The van der Waals surface area contributed by atoms with Crippen molar-refractivity contribution < 1.29 is 9.90 Å². The van der Waals surface area contributed by atoms with Crippen molar-refractivity contribution in [3.8, 4) is 0 Å². The zero-order valence-electron chi connectivity index (χ0n) is 8.77. The van der Waals surface area contributed by atoms with E-state index in [1.54, 1.807) is 0 Å². The second kappa shape index (κ2) is 5.10. The van der Waals surface area contributed by atoms with E-state index < -0.39 is 0 Å². The molecule has 0 amide bonds. The lowest BCUT2D eigenvalue weighted by Gasteiger charge is -1.97. The van der Waals surface area contributed by atoms with Crippen LogP contribution in [-0.2, 0) is 4.79 Å². The molecule has 0 saturated carbocycles. The van der Waals surface area contributed by atoms with Crippen molar-refractivity contribution >= 4 is 17.7 Å². The smallest absolute Gasteiger partial charge is 0.164 e. The number of carbonyl (C=O) groups excluding carboxylic acids is 1. The van der Waals surface area contributed by atoms with Gasteiger partial charge in [-0.05, 0) is 26.0 Å². The molecule has 0 unspecified atom stereocenters. The predicted octanol–water partition coefficient (Wildman–Crippen LogP) is 2.81. The molecule has 0 aromatic heterocycles. The summed E-state index contributed by atoms with van der Waals surface area (Å²) in [5.74, 6) is -0.211. The Morgan fingerprint density at radius 3 is 2.33 bits per heavy atom. The molecule has 3 heteroatoms. The Morgan fingerprint density at radius 2 is 1.87 bits per heavy atom. The van der Waals surface area contributed by atoms with Gasteiger partial charge in [0, 0.05) is 6.21 Å². The van der Waals surface area contributed by atoms with Crippen molar-refractivity contribution in [3.05, 3.63) is 41.7 Å². The number of benzene rings is 1. The van der Waals surface area contributed by atoms with Crippen LogP contribution in [0.15, 0.2) is 46.7 Å². The fourth-order valence-electron chi connectivity index (χ4n) is 1.09. The molecule has 0 aliphatic carbocycles. The van der Waals surface area contributed by atoms with Crippen LogP contribution in [0.25, 0.3) is 0 Å². The molecular weight excluding hydrogens is 190 g/mol. The Kier molecular flexibility index (Phi) is 3.80. The van der Waals surface area contributed by atoms with Gasteiger partial charge in [-0.15, -0.1) is 0 Å². The molecule has 0 bridgehead atoms. The van der Waals surface area contributed by atoms with E-state index in [-0.39, 0.29) is 17.1 Å². The van der Waals surface area contributed by atoms with Crippen LogP contribution in [0.3, 0.4) is 0 Å². The second-order valence-corrected chi connectivity index (χ2v) is 3.15. The summed E-state index contributed by atoms with van der Waals surface area (Å²) in [7, 11) is 0. The Labute approximate surface area is 88.8 Å². The molecule has 0 aliphatic rings. The standard InChI is InChI=1S/C12H13NO2/c1-9(14)12(10(2)15)8-13-11-6-4-3-5-7-11/h3-8,14H,1-2H3/b12-9-,13-8?. The molecule has 0 spiro atoms. The van der Waals surface area contributed by atoms with Gasteiger partial charge in [-0.25, -0.2) is 0 Å². The highest BCUT2D eigenvalue weighted by molar-refractivity contribution is 6.12. The predicted molar refractivity (Wildman–Crippen MR) is 60.6 cm³/mol. The maximum Gasteiger partial charge on any atom is 0.164 e. The number of rotatable bonds is 3. The molecule has 0 aliphatic heterocycles. The van der Waals surface area contributed by atoms with Crippen molar-refractivity contribution in [2.24, 2.45) is 4.99 Å². The summed E-state index contributed by atoms with van der Waals surface area (Å²) in [5.41, 5.74) is 0.983. The van der Waals surface area contributed by atoms with Gasteiger partial charge >= 0.3 is 0 Å². The molecule has 1 aromatic rings. The van der Waals surface area contributed by atoms with Crippen LogP contribution in [0.5, 0.6) is 0 Å². The van der Waals surface area contributed by atoms with Crippen LogP contribution in [0.2, 0.25) is 0 Å². The number of hydrogen-bond acceptors (Lipinski definition) is 3. The van der Waals surface area contributed by atoms with E-state index in [0.717, 1.165) is 5.69 Å². The van der Waals surface area contributed by atoms with E-state index >= 15 is 0 Å². The van der Waals surface area contributed by atoms with Crippen LogP contribution in [0, 0.1) is 0 Å². The largest absolute Gasteiger partial charge is 0.512 e. The minimum Gasteiger partial charge on any atom is -0.512 e. The van der Waals surface area contributed by atoms with Gasteiger partial charge in [0.1, 0.15) is 5.76 Å². The SMILES string of the molecule is CC(=O)/C(C=Nc1ccccc1)=C(/C)O. The third kappa shape index (κ3) is 3.38. The number of nitrogens with zero attached hydrogens (tertiary/aromatic N) is 1. The highest BCUT2D eigenvalue weighted by Crippen LogP contribution is 2.10. The highest BCUT2D eigenvalue weighted by atomic mass is 16.3. The molecule has 3 nitrogen and oxygen atoms in total. The lowest BCUT2D eigenvalue weighted by molar-refractivity contribution is -0.113. The van der Waals surface area contributed by atoms with E-state index in [1.807, 2.05) is 30.3 Å². The van der Waals surface area contributed by atoms with Gasteiger partial charge in [0.25, 0.3) is 0 Å². The lowest BCUT2D eigenvalue weighted by atomic mass is 10.2. The van der Waals surface area contributed by atoms with E-state index in [2.05, 4.69) is 4.99 Å². The Hall–Kier alpha value is -1.90. The van der Waals surface area contributed by atoms with Gasteiger partial charge in [0.05, 0.1) is 11.3 Å². The topological polar surface area (TPSA) is 49.7 Å². The molecule has 1 N–H and O–H groups in total. The summed E-state index contributed by atoms with van der Waals surface area (Å²) in [6.45, 7) is 2.86. The van der Waals surface area contributed by atoms with Crippen LogP contribution in [0.4, 0.5) is 5.69 Å². The van der Waals surface area contributed by atoms with Crippen LogP contribution in [0.1, 0.15) is 13.8 Å². The number of aliphatic hydroxyl groups excluding tert-OH is 1. The van der Waals surface area contributed by atoms with Crippen LogP contribution >= 0.6 is 0 Å². The fraction of sp³-hybridized carbons (Fsp3) is 0.167. The number of carbonyl (C=O) groups is 1. The fourth-order valence-corrected chi connectivity index (χ4v) is 1.09. The monoisotopic (exact) mass is 203 g/mol. The number of allylic oxidation sites excluding steroid dienone is 2. The van der Waals surface area contributed by atoms with Crippen molar-refractivity contribution in [1.29, 1.82) is 0 Å². The molecule has 0 saturated heterocycles. The average Bonchev–Trinajstić information content (AvgIpc) is 2.18. The quantitative estimate of drug-likeness (QED) is 0.466. The Balaban J connectivity index is 2.90. The van der Waals surface area contributed by atoms with Gasteiger partial charge < -0.3 is 5.11 Å². The molecule has 0 atom stereocenters. The van der Waals surface area contributed by atoms with Crippen LogP contribution in [-0.4, -0.2) is 17.1 Å². The third-order valence-electron chi connectivity index (χ3n) is 1.87. The Morgan fingerprint density at radius 1 is 1.27 bits per heavy atom. The molecule has 1 rings (SSSR count). The minimum absolute atomic E-state index is 0.0119. The van der Waals surface area contributed by atoms with Gasteiger partial charge in [0.15, 0.2) is 5.78 Å². The first-order valence-corrected chi connectivity index (χ1v) is 4.61. The summed E-state index contributed by atoms with van der Waals surface area (Å²) < 4.78 is 0. The van der Waals surface area contributed by atoms with E-state index in [9.17, 15) is 9.90 Å². The molecule has 15 heavy (non-hydrogen) atoms. The molecule has 0 heterocycles. The molecular formula is C12H13NO2. The summed E-state index contributed by atoms with van der Waals surface area (Å²) in [6, 6.07) is 9.24. The molecule has 0 fully saturated rings. The number of para-hydroxylation sites is 1. The maximum absolute atomic E-state index is 11.1. The maximum atomic E-state index is 11.1. The minimum atomic E-state index is -0.199. The van der Waals surface area contributed by atoms with Crippen LogP contribution < -0.4 is 0 Å². The van der Waals surface area contributed by atoms with E-state index in [1.165, 1.54) is 20.1 Å². The number of hydrogen-bond donors (Lipinski definition) is 1. The van der Waals surface area contributed by atoms with E-state index in [4.69, 9.17) is 0 Å². The van der Waals surface area contributed by atoms with E-state index in [0.29, 0.717) is 0 Å². The summed E-state index contributed by atoms with van der Waals surface area (Å²) >= 11 is 0. The zero-order valence-corrected chi connectivity index (χ0v) is 8.77. The van der Waals surface area contributed by atoms with Gasteiger partial charge in [-0.1, -0.05) is 18.2 Å². The lowest BCUT2D eigenvalue weighted by Crippen LogP contribution is -2.01. The second-order valence-electron chi connectivity index (χ2n) is 3.15. The molecule has 78 valence electrons. The number of aliphatic hydroxyl groups is 1. The summed E-state index contributed by atoms with van der Waals surface area (Å²) in [6.07, 6.45) is 1.38.